The second-order valence-electron chi connectivity index (χ2n) is 9.86. The van der Waals surface area contributed by atoms with E-state index in [4.69, 9.17) is 0 Å². The number of nitrogens with zero attached hydrogens (tertiary/aromatic N) is 3. The lowest BCUT2D eigenvalue weighted by atomic mass is 10.1. The zero-order valence-electron chi connectivity index (χ0n) is 22.3. The minimum atomic E-state index is -4.32. The Bertz CT molecular complexity index is 892. The van der Waals surface area contributed by atoms with Crippen LogP contribution >= 0.6 is 11.8 Å². The first-order valence-electron chi connectivity index (χ1n) is 13.2. The molecule has 3 aliphatic rings. The highest BCUT2D eigenvalue weighted by atomic mass is 32.2. The van der Waals surface area contributed by atoms with Crippen LogP contribution in [0, 0.1) is 0 Å². The summed E-state index contributed by atoms with van der Waals surface area (Å²) >= 11 is 1.60. The van der Waals surface area contributed by atoms with Gasteiger partial charge in [-0.2, -0.15) is 13.2 Å². The van der Waals surface area contributed by atoms with Gasteiger partial charge in [0.25, 0.3) is 0 Å². The lowest BCUT2D eigenvalue weighted by Gasteiger charge is -2.37. The Labute approximate surface area is 219 Å². The highest BCUT2D eigenvalue weighted by Crippen LogP contribution is 2.49. The molecule has 0 spiro atoms. The van der Waals surface area contributed by atoms with Gasteiger partial charge in [0.1, 0.15) is 0 Å². The Hall–Kier alpha value is -1.52. The van der Waals surface area contributed by atoms with Crippen molar-refractivity contribution in [3.63, 3.8) is 0 Å². The average molecular weight is 527 g/mol. The van der Waals surface area contributed by atoms with Crippen molar-refractivity contribution in [2.24, 2.45) is 0 Å². The van der Waals surface area contributed by atoms with Crippen LogP contribution in [0.5, 0.6) is 0 Å². The van der Waals surface area contributed by atoms with E-state index in [2.05, 4.69) is 53.2 Å². The molecule has 1 saturated heterocycles. The molecule has 0 aromatic heterocycles. The molecule has 202 valence electrons. The van der Waals surface area contributed by atoms with Gasteiger partial charge >= 0.3 is 6.18 Å². The third-order valence-electron chi connectivity index (χ3n) is 6.95. The van der Waals surface area contributed by atoms with Crippen molar-refractivity contribution in [2.45, 2.75) is 37.3 Å². The number of fused-ring (bicyclic) bond motifs is 2. The lowest BCUT2D eigenvalue weighted by molar-refractivity contribution is -0.903. The molecule has 2 aliphatic heterocycles. The van der Waals surface area contributed by atoms with Crippen LogP contribution in [-0.4, -0.2) is 89.8 Å². The van der Waals surface area contributed by atoms with Crippen LogP contribution in [0.25, 0.3) is 0 Å². The second kappa shape index (κ2) is 13.9. The van der Waals surface area contributed by atoms with Crippen LogP contribution < -0.4 is 15.1 Å². The number of anilines is 1. The first kappa shape index (κ1) is 29.0. The van der Waals surface area contributed by atoms with Gasteiger partial charge in [-0.15, -0.1) is 0 Å². The van der Waals surface area contributed by atoms with Crippen molar-refractivity contribution < 1.29 is 18.1 Å². The molecule has 0 saturated carbocycles. The molecular formula is C27H43F3N5S+. The standard InChI is InChI=1S/C23H31F3N4S.C4H11N/c1-27-9-12-29-15-13-28(14-16-29)10-4-11-30-19-5-2-3-6-21(19)31-22-8-7-18(17-20(22)30)23(24,25)26;1-4-5(2)3/h5-8,17,27H,2-4,9-16H2,1H3;4H2,1-3H3/p+1. The van der Waals surface area contributed by atoms with Gasteiger partial charge < -0.3 is 20.0 Å². The lowest BCUT2D eigenvalue weighted by Crippen LogP contribution is -3.15. The van der Waals surface area contributed by atoms with Crippen molar-refractivity contribution >= 4 is 17.4 Å². The average Bonchev–Trinajstić information content (AvgIpc) is 2.87. The molecule has 9 heteroatoms. The molecule has 0 atom stereocenters. The van der Waals surface area contributed by atoms with E-state index in [-0.39, 0.29) is 0 Å². The quantitative estimate of drug-likeness (QED) is 0.540. The maximum absolute atomic E-state index is 13.4. The normalized spacial score (nSPS) is 18.7. The molecule has 36 heavy (non-hydrogen) atoms. The van der Waals surface area contributed by atoms with Crippen LogP contribution in [0.2, 0.25) is 0 Å². The number of piperazine rings is 1. The number of halogens is 3. The van der Waals surface area contributed by atoms with E-state index in [1.54, 1.807) is 22.7 Å². The van der Waals surface area contributed by atoms with Crippen LogP contribution in [0.3, 0.4) is 0 Å². The number of thioether (sulfide) groups is 1. The van der Waals surface area contributed by atoms with Gasteiger partial charge in [-0.25, -0.2) is 0 Å². The predicted octanol–water partition coefficient (Wildman–Crippen LogP) is 3.56. The topological polar surface area (TPSA) is 26.2 Å². The fourth-order valence-electron chi connectivity index (χ4n) is 4.55. The summed E-state index contributed by atoms with van der Waals surface area (Å²) in [6, 6.07) is 4.17. The summed E-state index contributed by atoms with van der Waals surface area (Å²) < 4.78 is 40.1. The number of nitrogens with one attached hydrogen (secondary N) is 2. The van der Waals surface area contributed by atoms with Gasteiger partial charge in [0.2, 0.25) is 0 Å². The molecule has 2 heterocycles. The first-order chi connectivity index (χ1) is 17.2. The Morgan fingerprint density at radius 3 is 2.42 bits per heavy atom. The summed E-state index contributed by atoms with van der Waals surface area (Å²) in [4.78, 5) is 10.5. The molecule has 0 amide bonds. The van der Waals surface area contributed by atoms with Crippen LogP contribution in [-0.2, 0) is 6.18 Å². The molecule has 5 nitrogen and oxygen atoms in total. The van der Waals surface area contributed by atoms with Gasteiger partial charge in [-0.1, -0.05) is 30.8 Å². The fourth-order valence-corrected chi connectivity index (χ4v) is 5.70. The van der Waals surface area contributed by atoms with Crippen LogP contribution in [0.4, 0.5) is 18.9 Å². The van der Waals surface area contributed by atoms with E-state index in [1.165, 1.54) is 17.0 Å². The van der Waals surface area contributed by atoms with E-state index >= 15 is 0 Å². The van der Waals surface area contributed by atoms with Gasteiger partial charge in [0.15, 0.2) is 0 Å². The molecule has 0 unspecified atom stereocenters. The summed E-state index contributed by atoms with van der Waals surface area (Å²) in [5.41, 5.74) is 1.22. The largest absolute Gasteiger partial charge is 0.416 e. The summed E-state index contributed by atoms with van der Waals surface area (Å²) in [5, 5.41) is 3.22. The Morgan fingerprint density at radius 2 is 1.78 bits per heavy atom. The first-order valence-corrected chi connectivity index (χ1v) is 14.0. The Morgan fingerprint density at radius 1 is 1.08 bits per heavy atom. The van der Waals surface area contributed by atoms with Gasteiger partial charge in [0, 0.05) is 42.5 Å². The summed E-state index contributed by atoms with van der Waals surface area (Å²) in [5.74, 6) is 0. The smallest absolute Gasteiger partial charge is 0.340 e. The van der Waals surface area contributed by atoms with Crippen molar-refractivity contribution in [3.8, 4) is 0 Å². The third kappa shape index (κ3) is 8.25. The minimum absolute atomic E-state index is 0.568. The van der Waals surface area contributed by atoms with Crippen LogP contribution in [0.15, 0.2) is 45.8 Å². The zero-order valence-corrected chi connectivity index (χ0v) is 23.1. The molecular weight excluding hydrogens is 483 g/mol. The number of alkyl halides is 3. The highest BCUT2D eigenvalue weighted by Gasteiger charge is 2.34. The van der Waals surface area contributed by atoms with E-state index in [0.29, 0.717) is 5.69 Å². The maximum Gasteiger partial charge on any atom is 0.416 e. The van der Waals surface area contributed by atoms with E-state index in [1.807, 2.05) is 7.05 Å². The number of hydrogen-bond acceptors (Lipinski definition) is 5. The van der Waals surface area contributed by atoms with Gasteiger partial charge in [-0.3, -0.25) is 4.90 Å². The maximum atomic E-state index is 13.4. The molecule has 1 aromatic rings. The predicted molar refractivity (Wildman–Crippen MR) is 145 cm³/mol. The zero-order chi connectivity index (χ0) is 26.1. The van der Waals surface area contributed by atoms with Gasteiger partial charge in [0.05, 0.1) is 36.6 Å². The van der Waals surface area contributed by atoms with Crippen molar-refractivity contribution in [3.05, 3.63) is 46.5 Å². The van der Waals surface area contributed by atoms with E-state index < -0.39 is 11.7 Å². The molecule has 1 aromatic carbocycles. The summed E-state index contributed by atoms with van der Waals surface area (Å²) in [6.45, 7) is 11.7. The SMILES string of the molecule is CCN(C)C.CNCC[NH+]1CCN(CCCN2C3=CCCC=C3Sc3ccc(C(F)(F)F)cc32)CC1. The Kier molecular flexibility index (Phi) is 11.2. The summed E-state index contributed by atoms with van der Waals surface area (Å²) in [6.07, 6.45) is 2.97. The molecule has 2 N–H and O–H groups in total. The molecule has 4 rings (SSSR count). The van der Waals surface area contributed by atoms with Crippen LogP contribution in [0.1, 0.15) is 31.7 Å². The van der Waals surface area contributed by atoms with Gasteiger partial charge in [-0.05, 0) is 65.1 Å². The second-order valence-corrected chi connectivity index (χ2v) is 10.9. The number of rotatable bonds is 8. The van der Waals surface area contributed by atoms with E-state index in [9.17, 15) is 13.2 Å². The number of hydrogen-bond donors (Lipinski definition) is 2. The summed E-state index contributed by atoms with van der Waals surface area (Å²) in [7, 11) is 6.10. The highest BCUT2D eigenvalue weighted by molar-refractivity contribution is 8.03. The minimum Gasteiger partial charge on any atom is -0.340 e. The Balaban J connectivity index is 0.000000658. The van der Waals surface area contributed by atoms with Crippen molar-refractivity contribution in [1.82, 2.24) is 15.1 Å². The molecule has 1 fully saturated rings. The third-order valence-corrected chi connectivity index (χ3v) is 8.12. The molecule has 0 bridgehead atoms. The number of likely N-dealkylation sites (N-methyl/N-ethyl adjacent to an activating group) is 1. The number of quaternary nitrogens is 1. The number of allylic oxidation sites excluding steroid dienone is 2. The van der Waals surface area contributed by atoms with E-state index in [0.717, 1.165) is 88.8 Å². The molecule has 0 radical (unpaired) electrons. The van der Waals surface area contributed by atoms with Crippen molar-refractivity contribution in [2.75, 3.05) is 84.9 Å². The van der Waals surface area contributed by atoms with Crippen molar-refractivity contribution in [1.29, 1.82) is 0 Å². The monoisotopic (exact) mass is 526 g/mol. The fraction of sp³-hybridized carbons (Fsp3) is 0.630. The molecule has 1 aliphatic carbocycles. The number of benzene rings is 1.